The SMILES string of the molecule is O=C(CCc1nnc(-c2ccsc2)o1)N1CCOC2CCCCC21. The molecule has 4 rings (SSSR count). The van der Waals surface area contributed by atoms with E-state index >= 15 is 0 Å². The second-order valence-corrected chi connectivity index (χ2v) is 7.14. The number of fused-ring (bicyclic) bond motifs is 1. The Bertz CT molecular complexity index is 683. The van der Waals surface area contributed by atoms with E-state index in [0.717, 1.165) is 18.4 Å². The third-order valence-electron chi connectivity index (χ3n) is 4.84. The van der Waals surface area contributed by atoms with Crippen molar-refractivity contribution in [2.45, 2.75) is 50.7 Å². The highest BCUT2D eigenvalue weighted by molar-refractivity contribution is 7.08. The number of morpholine rings is 1. The van der Waals surface area contributed by atoms with Gasteiger partial charge in [0.15, 0.2) is 0 Å². The summed E-state index contributed by atoms with van der Waals surface area (Å²) in [5, 5.41) is 12.1. The van der Waals surface area contributed by atoms with Crippen LogP contribution in [-0.2, 0) is 16.0 Å². The van der Waals surface area contributed by atoms with Crippen molar-refractivity contribution in [2.75, 3.05) is 13.2 Å². The first-order valence-electron chi connectivity index (χ1n) is 8.57. The molecule has 1 saturated heterocycles. The fraction of sp³-hybridized carbons (Fsp3) is 0.588. The van der Waals surface area contributed by atoms with Crippen LogP contribution in [0.3, 0.4) is 0 Å². The van der Waals surface area contributed by atoms with E-state index in [-0.39, 0.29) is 18.1 Å². The van der Waals surface area contributed by atoms with Crippen molar-refractivity contribution < 1.29 is 13.9 Å². The minimum absolute atomic E-state index is 0.172. The fourth-order valence-electron chi connectivity index (χ4n) is 3.62. The molecule has 1 saturated carbocycles. The van der Waals surface area contributed by atoms with Crippen molar-refractivity contribution in [3.8, 4) is 11.5 Å². The Kier molecular flexibility index (Phi) is 4.62. The third kappa shape index (κ3) is 3.23. The zero-order valence-electron chi connectivity index (χ0n) is 13.5. The molecule has 2 aliphatic rings. The van der Waals surface area contributed by atoms with Gasteiger partial charge in [-0.15, -0.1) is 10.2 Å². The topological polar surface area (TPSA) is 68.5 Å². The van der Waals surface area contributed by atoms with E-state index in [1.807, 2.05) is 21.7 Å². The summed E-state index contributed by atoms with van der Waals surface area (Å²) in [5.74, 6) is 1.22. The van der Waals surface area contributed by atoms with Crippen molar-refractivity contribution in [1.29, 1.82) is 0 Å². The van der Waals surface area contributed by atoms with Crippen molar-refractivity contribution in [2.24, 2.45) is 0 Å². The Morgan fingerprint density at radius 3 is 3.12 bits per heavy atom. The van der Waals surface area contributed by atoms with Gasteiger partial charge < -0.3 is 14.1 Å². The van der Waals surface area contributed by atoms with E-state index in [2.05, 4.69) is 10.2 Å². The summed E-state index contributed by atoms with van der Waals surface area (Å²) >= 11 is 1.59. The molecular formula is C17H21N3O3S. The Morgan fingerprint density at radius 2 is 2.25 bits per heavy atom. The Hall–Kier alpha value is -1.73. The van der Waals surface area contributed by atoms with Gasteiger partial charge in [0, 0.05) is 30.3 Å². The first-order chi connectivity index (χ1) is 11.8. The molecule has 7 heteroatoms. The van der Waals surface area contributed by atoms with Gasteiger partial charge in [-0.2, -0.15) is 11.3 Å². The average Bonchev–Trinajstić information content (AvgIpc) is 3.30. The molecule has 0 spiro atoms. The van der Waals surface area contributed by atoms with E-state index in [4.69, 9.17) is 9.15 Å². The lowest BCUT2D eigenvalue weighted by atomic mass is 9.90. The highest BCUT2D eigenvalue weighted by Gasteiger charge is 2.36. The van der Waals surface area contributed by atoms with Crippen LogP contribution in [0.1, 0.15) is 38.0 Å². The molecule has 2 aromatic heterocycles. The van der Waals surface area contributed by atoms with Crippen LogP contribution in [0.15, 0.2) is 21.2 Å². The molecule has 2 atom stereocenters. The monoisotopic (exact) mass is 347 g/mol. The molecule has 2 fully saturated rings. The molecule has 0 aromatic carbocycles. The first kappa shape index (κ1) is 15.8. The number of aromatic nitrogens is 2. The Balaban J connectivity index is 1.36. The molecule has 0 radical (unpaired) electrons. The molecule has 1 amide bonds. The standard InChI is InChI=1S/C17H21N3O3S/c21-16(20-8-9-22-14-4-2-1-3-13(14)20)6-5-15-18-19-17(23-15)12-7-10-24-11-12/h7,10-11,13-14H,1-6,8-9H2. The molecule has 1 aliphatic heterocycles. The van der Waals surface area contributed by atoms with E-state index < -0.39 is 0 Å². The molecule has 0 bridgehead atoms. The van der Waals surface area contributed by atoms with Crippen LogP contribution in [0.25, 0.3) is 11.5 Å². The number of carbonyl (C=O) groups is 1. The molecule has 6 nitrogen and oxygen atoms in total. The summed E-state index contributed by atoms with van der Waals surface area (Å²) in [6, 6.07) is 2.20. The van der Waals surface area contributed by atoms with Crippen LogP contribution < -0.4 is 0 Å². The van der Waals surface area contributed by atoms with E-state index in [0.29, 0.717) is 37.8 Å². The average molecular weight is 347 g/mol. The van der Waals surface area contributed by atoms with Gasteiger partial charge in [0.2, 0.25) is 17.7 Å². The smallest absolute Gasteiger partial charge is 0.248 e. The van der Waals surface area contributed by atoms with Gasteiger partial charge >= 0.3 is 0 Å². The van der Waals surface area contributed by atoms with Crippen LogP contribution in [-0.4, -0.2) is 46.3 Å². The summed E-state index contributed by atoms with van der Waals surface area (Å²) in [6.45, 7) is 1.35. The predicted octanol–water partition coefficient (Wildman–Crippen LogP) is 2.90. The number of aryl methyl sites for hydroxylation is 1. The second kappa shape index (κ2) is 7.03. The Labute approximate surface area is 144 Å². The van der Waals surface area contributed by atoms with Crippen LogP contribution in [0, 0.1) is 0 Å². The molecule has 128 valence electrons. The second-order valence-electron chi connectivity index (χ2n) is 6.36. The highest BCUT2D eigenvalue weighted by Crippen LogP contribution is 2.29. The van der Waals surface area contributed by atoms with Gasteiger partial charge in [-0.05, 0) is 24.3 Å². The van der Waals surface area contributed by atoms with E-state index in [9.17, 15) is 4.79 Å². The third-order valence-corrected chi connectivity index (χ3v) is 5.52. The fourth-order valence-corrected chi connectivity index (χ4v) is 4.25. The van der Waals surface area contributed by atoms with Gasteiger partial charge in [-0.3, -0.25) is 4.79 Å². The summed E-state index contributed by atoms with van der Waals surface area (Å²) < 4.78 is 11.5. The van der Waals surface area contributed by atoms with Crippen molar-refractivity contribution in [3.63, 3.8) is 0 Å². The highest BCUT2D eigenvalue weighted by atomic mass is 32.1. The maximum atomic E-state index is 12.6. The quantitative estimate of drug-likeness (QED) is 0.851. The number of rotatable bonds is 4. The van der Waals surface area contributed by atoms with E-state index in [1.54, 1.807) is 11.3 Å². The maximum absolute atomic E-state index is 12.6. The molecular weight excluding hydrogens is 326 g/mol. The minimum Gasteiger partial charge on any atom is -0.421 e. The molecule has 3 heterocycles. The van der Waals surface area contributed by atoms with Gasteiger partial charge in [0.05, 0.1) is 18.8 Å². The van der Waals surface area contributed by atoms with Crippen LogP contribution in [0.2, 0.25) is 0 Å². The number of hydrogen-bond acceptors (Lipinski definition) is 6. The van der Waals surface area contributed by atoms with Crippen LogP contribution >= 0.6 is 11.3 Å². The zero-order valence-corrected chi connectivity index (χ0v) is 14.3. The summed E-state index contributed by atoms with van der Waals surface area (Å²) in [7, 11) is 0. The number of carbonyl (C=O) groups excluding carboxylic acids is 1. The molecule has 2 aromatic rings. The largest absolute Gasteiger partial charge is 0.421 e. The summed E-state index contributed by atoms with van der Waals surface area (Å²) in [5.41, 5.74) is 0.934. The molecule has 24 heavy (non-hydrogen) atoms. The van der Waals surface area contributed by atoms with Gasteiger partial charge in [-0.1, -0.05) is 12.8 Å². The van der Waals surface area contributed by atoms with Crippen molar-refractivity contribution >= 4 is 17.2 Å². The lowest BCUT2D eigenvalue weighted by molar-refractivity contribution is -0.149. The number of nitrogens with zero attached hydrogens (tertiary/aromatic N) is 3. The van der Waals surface area contributed by atoms with Crippen molar-refractivity contribution in [1.82, 2.24) is 15.1 Å². The lowest BCUT2D eigenvalue weighted by Gasteiger charge is -2.43. The summed E-state index contributed by atoms with van der Waals surface area (Å²) in [4.78, 5) is 14.7. The zero-order chi connectivity index (χ0) is 16.4. The van der Waals surface area contributed by atoms with Crippen molar-refractivity contribution in [3.05, 3.63) is 22.7 Å². The number of amides is 1. The Morgan fingerprint density at radius 1 is 1.33 bits per heavy atom. The van der Waals surface area contributed by atoms with Gasteiger partial charge in [0.1, 0.15) is 0 Å². The van der Waals surface area contributed by atoms with Crippen LogP contribution in [0.4, 0.5) is 0 Å². The predicted molar refractivity (Wildman–Crippen MR) is 89.6 cm³/mol. The van der Waals surface area contributed by atoms with Gasteiger partial charge in [0.25, 0.3) is 0 Å². The first-order valence-corrected chi connectivity index (χ1v) is 9.51. The van der Waals surface area contributed by atoms with Crippen LogP contribution in [0.5, 0.6) is 0 Å². The minimum atomic E-state index is 0.172. The molecule has 0 N–H and O–H groups in total. The maximum Gasteiger partial charge on any atom is 0.248 e. The number of thiophene rings is 1. The number of ether oxygens (including phenoxy) is 1. The molecule has 2 unspecified atom stereocenters. The van der Waals surface area contributed by atoms with E-state index in [1.165, 1.54) is 12.8 Å². The normalized spacial score (nSPS) is 23.9. The summed E-state index contributed by atoms with van der Waals surface area (Å²) in [6.07, 6.45) is 5.64. The van der Waals surface area contributed by atoms with Gasteiger partial charge in [-0.25, -0.2) is 0 Å². The molecule has 1 aliphatic carbocycles. The lowest BCUT2D eigenvalue weighted by Crippen LogP contribution is -2.54. The number of hydrogen-bond donors (Lipinski definition) is 0.